The monoisotopic (exact) mass is 272 g/mol. The Morgan fingerprint density at radius 3 is 2.10 bits per heavy atom. The average Bonchev–Trinajstić information content (AvgIpc) is 2.42. The Bertz CT molecular complexity index is 576. The van der Waals surface area contributed by atoms with Crippen LogP contribution >= 0.6 is 0 Å². The highest BCUT2D eigenvalue weighted by molar-refractivity contribution is 5.36. The quantitative estimate of drug-likeness (QED) is 0.656. The summed E-state index contributed by atoms with van der Waals surface area (Å²) in [4.78, 5) is 0. The van der Waals surface area contributed by atoms with Gasteiger partial charge in [0.2, 0.25) is 0 Å². The molecule has 2 aromatic rings. The van der Waals surface area contributed by atoms with E-state index in [0.717, 1.165) is 11.1 Å². The molecule has 3 N–H and O–H groups in total. The van der Waals surface area contributed by atoms with Crippen LogP contribution in [0.15, 0.2) is 42.5 Å². The second-order valence-corrected chi connectivity index (χ2v) is 5.45. The first-order chi connectivity index (χ1) is 9.52. The third-order valence-corrected chi connectivity index (χ3v) is 3.57. The number of nitrogens with one attached hydrogen (secondary N) is 1. The van der Waals surface area contributed by atoms with Gasteiger partial charge in [0.25, 0.3) is 0 Å². The summed E-state index contributed by atoms with van der Waals surface area (Å²) < 4.78 is 14.1. The molecule has 0 radical (unpaired) electrons. The zero-order valence-corrected chi connectivity index (χ0v) is 12.2. The van der Waals surface area contributed by atoms with Gasteiger partial charge in [-0.3, -0.25) is 5.84 Å². The van der Waals surface area contributed by atoms with Gasteiger partial charge in [-0.1, -0.05) is 50.2 Å². The van der Waals surface area contributed by atoms with Crippen LogP contribution in [0.25, 0.3) is 0 Å². The fourth-order valence-electron chi connectivity index (χ4n) is 2.31. The van der Waals surface area contributed by atoms with Gasteiger partial charge in [0.05, 0.1) is 6.04 Å². The summed E-state index contributed by atoms with van der Waals surface area (Å²) in [5.41, 5.74) is 6.39. The van der Waals surface area contributed by atoms with Crippen LogP contribution in [0.5, 0.6) is 0 Å². The van der Waals surface area contributed by atoms with Gasteiger partial charge >= 0.3 is 0 Å². The maximum Gasteiger partial charge on any atom is 0.128 e. The fraction of sp³-hybridized carbons (Fsp3) is 0.294. The molecule has 0 aliphatic rings. The van der Waals surface area contributed by atoms with Crippen molar-refractivity contribution in [2.45, 2.75) is 32.7 Å². The second-order valence-electron chi connectivity index (χ2n) is 5.45. The Hall–Kier alpha value is -1.71. The summed E-state index contributed by atoms with van der Waals surface area (Å²) in [6.45, 7) is 6.16. The topological polar surface area (TPSA) is 38.0 Å². The van der Waals surface area contributed by atoms with Crippen molar-refractivity contribution >= 4 is 0 Å². The molecule has 2 rings (SSSR count). The van der Waals surface area contributed by atoms with Gasteiger partial charge in [0.1, 0.15) is 5.82 Å². The molecule has 0 spiro atoms. The van der Waals surface area contributed by atoms with Gasteiger partial charge in [-0.25, -0.2) is 9.82 Å². The highest BCUT2D eigenvalue weighted by Gasteiger charge is 2.16. The molecular weight excluding hydrogens is 251 g/mol. The SMILES string of the molecule is Cc1ccc(C(NN)c2ccc(C(C)C)cc2)c(F)c1. The van der Waals surface area contributed by atoms with E-state index in [9.17, 15) is 4.39 Å². The van der Waals surface area contributed by atoms with Gasteiger partial charge in [0.15, 0.2) is 0 Å². The standard InChI is InChI=1S/C17H21FN2/c1-11(2)13-5-7-14(8-6-13)17(20-19)15-9-4-12(3)10-16(15)18/h4-11,17,20H,19H2,1-3H3. The van der Waals surface area contributed by atoms with Crippen LogP contribution in [0.3, 0.4) is 0 Å². The molecule has 20 heavy (non-hydrogen) atoms. The summed E-state index contributed by atoms with van der Waals surface area (Å²) in [5.74, 6) is 5.87. The van der Waals surface area contributed by atoms with Crippen molar-refractivity contribution in [3.63, 3.8) is 0 Å². The predicted octanol–water partition coefficient (Wildman–Crippen LogP) is 3.81. The first-order valence-corrected chi connectivity index (χ1v) is 6.85. The van der Waals surface area contributed by atoms with Crippen molar-refractivity contribution in [1.82, 2.24) is 5.43 Å². The van der Waals surface area contributed by atoms with Crippen molar-refractivity contribution in [1.29, 1.82) is 0 Å². The summed E-state index contributed by atoms with van der Waals surface area (Å²) in [5, 5.41) is 0. The molecule has 1 atom stereocenters. The highest BCUT2D eigenvalue weighted by Crippen LogP contribution is 2.26. The summed E-state index contributed by atoms with van der Waals surface area (Å²) >= 11 is 0. The van der Waals surface area contributed by atoms with Crippen molar-refractivity contribution in [3.05, 3.63) is 70.5 Å². The van der Waals surface area contributed by atoms with Crippen molar-refractivity contribution in [2.75, 3.05) is 0 Å². The van der Waals surface area contributed by atoms with Crippen LogP contribution in [-0.2, 0) is 0 Å². The van der Waals surface area contributed by atoms with Gasteiger partial charge < -0.3 is 0 Å². The van der Waals surface area contributed by atoms with E-state index in [1.54, 1.807) is 6.07 Å². The van der Waals surface area contributed by atoms with Gasteiger partial charge in [-0.15, -0.1) is 0 Å². The molecule has 0 bridgehead atoms. The largest absolute Gasteiger partial charge is 0.271 e. The number of hydrogen-bond acceptors (Lipinski definition) is 2. The lowest BCUT2D eigenvalue weighted by molar-refractivity contribution is 0.559. The molecule has 0 fully saturated rings. The van der Waals surface area contributed by atoms with E-state index in [0.29, 0.717) is 11.5 Å². The van der Waals surface area contributed by atoms with Crippen LogP contribution in [0.1, 0.15) is 48.1 Å². The Labute approximate surface area is 119 Å². The molecule has 106 valence electrons. The van der Waals surface area contributed by atoms with Crippen LogP contribution in [0, 0.1) is 12.7 Å². The molecule has 0 saturated carbocycles. The minimum atomic E-state index is -0.336. The van der Waals surface area contributed by atoms with Crippen molar-refractivity contribution < 1.29 is 4.39 Å². The van der Waals surface area contributed by atoms with Crippen LogP contribution in [0.2, 0.25) is 0 Å². The average molecular weight is 272 g/mol. The molecule has 0 saturated heterocycles. The van der Waals surface area contributed by atoms with Gasteiger partial charge in [-0.05, 0) is 35.6 Å². The van der Waals surface area contributed by atoms with Crippen LogP contribution in [0.4, 0.5) is 4.39 Å². The Balaban J connectivity index is 2.36. The smallest absolute Gasteiger partial charge is 0.128 e. The predicted molar refractivity (Wildman–Crippen MR) is 80.8 cm³/mol. The third-order valence-electron chi connectivity index (χ3n) is 3.57. The normalized spacial score (nSPS) is 12.7. The van der Waals surface area contributed by atoms with E-state index in [1.165, 1.54) is 11.6 Å². The number of hydrazine groups is 1. The minimum Gasteiger partial charge on any atom is -0.271 e. The molecular formula is C17H21FN2. The molecule has 3 heteroatoms. The zero-order chi connectivity index (χ0) is 14.7. The number of benzene rings is 2. The van der Waals surface area contributed by atoms with E-state index in [1.807, 2.05) is 25.1 Å². The molecule has 0 aliphatic heterocycles. The molecule has 0 aromatic heterocycles. The number of halogens is 1. The fourth-order valence-corrected chi connectivity index (χ4v) is 2.31. The second kappa shape index (κ2) is 6.16. The van der Waals surface area contributed by atoms with Crippen molar-refractivity contribution in [3.8, 4) is 0 Å². The molecule has 0 aliphatic carbocycles. The lowest BCUT2D eigenvalue weighted by atomic mass is 9.95. The molecule has 2 aromatic carbocycles. The number of aryl methyl sites for hydroxylation is 1. The molecule has 2 nitrogen and oxygen atoms in total. The van der Waals surface area contributed by atoms with E-state index < -0.39 is 0 Å². The lowest BCUT2D eigenvalue weighted by Crippen LogP contribution is -2.29. The van der Waals surface area contributed by atoms with E-state index in [-0.39, 0.29) is 11.9 Å². The maximum atomic E-state index is 14.1. The molecule has 0 heterocycles. The van der Waals surface area contributed by atoms with Gasteiger partial charge in [-0.2, -0.15) is 0 Å². The molecule has 1 unspecified atom stereocenters. The lowest BCUT2D eigenvalue weighted by Gasteiger charge is -2.18. The highest BCUT2D eigenvalue weighted by atomic mass is 19.1. The zero-order valence-electron chi connectivity index (χ0n) is 12.2. The van der Waals surface area contributed by atoms with Gasteiger partial charge in [0, 0.05) is 5.56 Å². The number of rotatable bonds is 4. The van der Waals surface area contributed by atoms with E-state index in [2.05, 4.69) is 31.4 Å². The van der Waals surface area contributed by atoms with Crippen LogP contribution < -0.4 is 11.3 Å². The Kier molecular flexibility index (Phi) is 4.53. The number of hydrogen-bond donors (Lipinski definition) is 2. The van der Waals surface area contributed by atoms with E-state index in [4.69, 9.17) is 5.84 Å². The van der Waals surface area contributed by atoms with E-state index >= 15 is 0 Å². The Morgan fingerprint density at radius 2 is 1.60 bits per heavy atom. The van der Waals surface area contributed by atoms with Crippen LogP contribution in [-0.4, -0.2) is 0 Å². The third kappa shape index (κ3) is 3.06. The molecule has 0 amide bonds. The first-order valence-electron chi connectivity index (χ1n) is 6.85. The first kappa shape index (κ1) is 14.7. The maximum absolute atomic E-state index is 14.1. The summed E-state index contributed by atoms with van der Waals surface area (Å²) in [6.07, 6.45) is 0. The van der Waals surface area contributed by atoms with Crippen molar-refractivity contribution in [2.24, 2.45) is 5.84 Å². The summed E-state index contributed by atoms with van der Waals surface area (Å²) in [7, 11) is 0. The summed E-state index contributed by atoms with van der Waals surface area (Å²) in [6, 6.07) is 13.0. The Morgan fingerprint density at radius 1 is 1.00 bits per heavy atom. The minimum absolute atomic E-state index is 0.235. The number of nitrogens with two attached hydrogens (primary N) is 1.